The van der Waals surface area contributed by atoms with E-state index in [0.717, 1.165) is 24.6 Å². The standard InChI is InChI=1S/C21H38O4Si/c1-5-6-7-8-9-10-11-15-20-16-12-13-17-21(20)25-18-14-19-26(22-2,23-3)24-4/h12-13,16-17H,5-11,14-15,18-19H2,1-4H3. The Balaban J connectivity index is 2.32. The van der Waals surface area contributed by atoms with Gasteiger partial charge in [0.05, 0.1) is 6.61 Å². The van der Waals surface area contributed by atoms with Crippen molar-refractivity contribution >= 4 is 8.80 Å². The molecule has 150 valence electrons. The molecule has 0 N–H and O–H groups in total. The van der Waals surface area contributed by atoms with Crippen molar-refractivity contribution in [2.24, 2.45) is 0 Å². The molecule has 0 aliphatic heterocycles. The van der Waals surface area contributed by atoms with Gasteiger partial charge in [0.2, 0.25) is 0 Å². The predicted octanol–water partition coefficient (Wildman–Crippen LogP) is 5.63. The molecule has 0 heterocycles. The number of hydrogen-bond donors (Lipinski definition) is 0. The van der Waals surface area contributed by atoms with Gasteiger partial charge in [0.25, 0.3) is 0 Å². The number of rotatable bonds is 16. The molecule has 5 heteroatoms. The summed E-state index contributed by atoms with van der Waals surface area (Å²) in [7, 11) is 2.46. The van der Waals surface area contributed by atoms with Crippen LogP contribution in [0.2, 0.25) is 6.04 Å². The van der Waals surface area contributed by atoms with E-state index in [1.165, 1.54) is 50.5 Å². The highest BCUT2D eigenvalue weighted by Crippen LogP contribution is 2.22. The highest BCUT2D eigenvalue weighted by Gasteiger charge is 2.36. The van der Waals surface area contributed by atoms with E-state index in [4.69, 9.17) is 18.0 Å². The molecule has 4 nitrogen and oxygen atoms in total. The van der Waals surface area contributed by atoms with Crippen LogP contribution in [0.15, 0.2) is 24.3 Å². The van der Waals surface area contributed by atoms with Crippen molar-refractivity contribution in [3.63, 3.8) is 0 Å². The van der Waals surface area contributed by atoms with E-state index >= 15 is 0 Å². The molecule has 0 unspecified atom stereocenters. The first kappa shape index (κ1) is 23.2. The Labute approximate surface area is 161 Å². The van der Waals surface area contributed by atoms with E-state index in [2.05, 4.69) is 25.1 Å². The van der Waals surface area contributed by atoms with Crippen molar-refractivity contribution < 1.29 is 18.0 Å². The lowest BCUT2D eigenvalue weighted by molar-refractivity contribution is 0.121. The minimum atomic E-state index is -2.49. The third-order valence-electron chi connectivity index (χ3n) is 4.84. The molecule has 1 aromatic rings. The second-order valence-electron chi connectivity index (χ2n) is 6.73. The molecule has 0 bridgehead atoms. The fourth-order valence-electron chi connectivity index (χ4n) is 3.15. The van der Waals surface area contributed by atoms with E-state index in [0.29, 0.717) is 6.61 Å². The van der Waals surface area contributed by atoms with Gasteiger partial charge < -0.3 is 18.0 Å². The molecule has 0 atom stereocenters. The number of aryl methyl sites for hydroxylation is 1. The first-order valence-corrected chi connectivity index (χ1v) is 12.0. The van der Waals surface area contributed by atoms with Crippen LogP contribution >= 0.6 is 0 Å². The van der Waals surface area contributed by atoms with Crippen LogP contribution in [0.4, 0.5) is 0 Å². The average molecular weight is 383 g/mol. The first-order valence-electron chi connectivity index (χ1n) is 10.1. The summed E-state index contributed by atoms with van der Waals surface area (Å²) in [5.74, 6) is 1.01. The van der Waals surface area contributed by atoms with Crippen molar-refractivity contribution in [3.8, 4) is 5.75 Å². The van der Waals surface area contributed by atoms with Gasteiger partial charge in [-0.05, 0) is 30.9 Å². The smallest absolute Gasteiger partial charge is 0.493 e. The lowest BCUT2D eigenvalue weighted by atomic mass is 10.0. The number of ether oxygens (including phenoxy) is 1. The van der Waals surface area contributed by atoms with Crippen LogP contribution in [-0.4, -0.2) is 36.7 Å². The van der Waals surface area contributed by atoms with Crippen molar-refractivity contribution in [2.75, 3.05) is 27.9 Å². The van der Waals surface area contributed by atoms with Gasteiger partial charge >= 0.3 is 8.80 Å². The second kappa shape index (κ2) is 14.2. The summed E-state index contributed by atoms with van der Waals surface area (Å²) in [6.45, 7) is 2.91. The fraction of sp³-hybridized carbons (Fsp3) is 0.714. The number of unbranched alkanes of at least 4 members (excludes halogenated alkanes) is 6. The van der Waals surface area contributed by atoms with Gasteiger partial charge in [0.15, 0.2) is 0 Å². The summed E-state index contributed by atoms with van der Waals surface area (Å²) < 4.78 is 22.4. The monoisotopic (exact) mass is 382 g/mol. The SMILES string of the molecule is CCCCCCCCCc1ccccc1OCCC[Si](OC)(OC)OC. The third kappa shape index (κ3) is 8.67. The molecule has 0 aliphatic carbocycles. The zero-order valence-electron chi connectivity index (χ0n) is 17.2. The zero-order valence-corrected chi connectivity index (χ0v) is 18.2. The van der Waals surface area contributed by atoms with Crippen LogP contribution in [0.25, 0.3) is 0 Å². The Morgan fingerprint density at radius 3 is 2.04 bits per heavy atom. The minimum absolute atomic E-state index is 0.652. The van der Waals surface area contributed by atoms with Gasteiger partial charge in [-0.15, -0.1) is 0 Å². The molecule has 0 amide bonds. The Kier molecular flexibility index (Phi) is 12.7. The fourth-order valence-corrected chi connectivity index (χ4v) is 4.84. The minimum Gasteiger partial charge on any atom is -0.493 e. The lowest BCUT2D eigenvalue weighted by Gasteiger charge is -2.24. The predicted molar refractivity (Wildman–Crippen MR) is 110 cm³/mol. The molecule has 0 saturated carbocycles. The van der Waals surface area contributed by atoms with Crippen LogP contribution < -0.4 is 4.74 Å². The summed E-state index contributed by atoms with van der Waals surface area (Å²) in [6, 6.07) is 9.16. The molecule has 1 aromatic carbocycles. The molecule has 0 saturated heterocycles. The summed E-state index contributed by atoms with van der Waals surface area (Å²) >= 11 is 0. The largest absolute Gasteiger partial charge is 0.500 e. The molecule has 0 radical (unpaired) electrons. The normalized spacial score (nSPS) is 11.7. The maximum absolute atomic E-state index is 6.03. The second-order valence-corrected chi connectivity index (χ2v) is 9.82. The van der Waals surface area contributed by atoms with Gasteiger partial charge in [-0.2, -0.15) is 0 Å². The Bertz CT molecular complexity index is 455. The Hall–Kier alpha value is -0.883. The third-order valence-corrected chi connectivity index (χ3v) is 7.67. The summed E-state index contributed by atoms with van der Waals surface area (Å²) in [4.78, 5) is 0. The highest BCUT2D eigenvalue weighted by molar-refractivity contribution is 6.60. The van der Waals surface area contributed by atoms with E-state index in [1.54, 1.807) is 21.3 Å². The van der Waals surface area contributed by atoms with E-state index in [9.17, 15) is 0 Å². The highest BCUT2D eigenvalue weighted by atomic mass is 28.4. The van der Waals surface area contributed by atoms with Crippen LogP contribution in [-0.2, 0) is 19.7 Å². The van der Waals surface area contributed by atoms with E-state index in [-0.39, 0.29) is 0 Å². The van der Waals surface area contributed by atoms with Crippen LogP contribution in [0.5, 0.6) is 5.75 Å². The molecular formula is C21H38O4Si. The molecular weight excluding hydrogens is 344 g/mol. The summed E-state index contributed by atoms with van der Waals surface area (Å²) in [5.41, 5.74) is 1.31. The Morgan fingerprint density at radius 1 is 0.769 bits per heavy atom. The van der Waals surface area contributed by atoms with Gasteiger partial charge in [0, 0.05) is 27.4 Å². The van der Waals surface area contributed by atoms with Crippen LogP contribution in [0.3, 0.4) is 0 Å². The van der Waals surface area contributed by atoms with Crippen molar-refractivity contribution in [1.82, 2.24) is 0 Å². The average Bonchev–Trinajstić information content (AvgIpc) is 2.69. The molecule has 1 rings (SSSR count). The van der Waals surface area contributed by atoms with E-state index in [1.807, 2.05) is 6.07 Å². The molecule has 0 aromatic heterocycles. The van der Waals surface area contributed by atoms with Crippen LogP contribution in [0.1, 0.15) is 63.9 Å². The summed E-state index contributed by atoms with van der Waals surface area (Å²) in [5, 5.41) is 0. The van der Waals surface area contributed by atoms with Crippen LogP contribution in [0, 0.1) is 0 Å². The topological polar surface area (TPSA) is 36.9 Å². The molecule has 0 aliphatic rings. The van der Waals surface area contributed by atoms with Crippen molar-refractivity contribution in [1.29, 1.82) is 0 Å². The van der Waals surface area contributed by atoms with Gasteiger partial charge in [-0.25, -0.2) is 0 Å². The zero-order chi connectivity index (χ0) is 19.1. The van der Waals surface area contributed by atoms with Gasteiger partial charge in [0.1, 0.15) is 5.75 Å². The maximum atomic E-state index is 6.03. The quantitative estimate of drug-likeness (QED) is 0.274. The van der Waals surface area contributed by atoms with Gasteiger partial charge in [-0.1, -0.05) is 63.6 Å². The Morgan fingerprint density at radius 2 is 1.38 bits per heavy atom. The summed E-state index contributed by atoms with van der Waals surface area (Å²) in [6.07, 6.45) is 11.3. The molecule has 0 spiro atoms. The van der Waals surface area contributed by atoms with Crippen molar-refractivity contribution in [2.45, 2.75) is 70.8 Å². The first-order chi connectivity index (χ1) is 12.7. The van der Waals surface area contributed by atoms with Crippen molar-refractivity contribution in [3.05, 3.63) is 29.8 Å². The van der Waals surface area contributed by atoms with E-state index < -0.39 is 8.80 Å². The maximum Gasteiger partial charge on any atom is 0.500 e. The molecule has 0 fully saturated rings. The number of para-hydroxylation sites is 1. The van der Waals surface area contributed by atoms with Gasteiger partial charge in [-0.3, -0.25) is 0 Å². The lowest BCUT2D eigenvalue weighted by Crippen LogP contribution is -2.42. The molecule has 26 heavy (non-hydrogen) atoms. The number of hydrogen-bond acceptors (Lipinski definition) is 4. The number of benzene rings is 1.